The molecule has 25 heavy (non-hydrogen) atoms. The van der Waals surface area contributed by atoms with E-state index in [1.807, 2.05) is 54.5 Å². The average Bonchev–Trinajstić information content (AvgIpc) is 3.31. The Morgan fingerprint density at radius 1 is 1.24 bits per heavy atom. The molecule has 0 spiro atoms. The molecule has 3 aromatic rings. The van der Waals surface area contributed by atoms with E-state index < -0.39 is 0 Å². The van der Waals surface area contributed by atoms with Gasteiger partial charge in [-0.15, -0.1) is 5.10 Å². The van der Waals surface area contributed by atoms with Crippen molar-refractivity contribution in [1.82, 2.24) is 29.4 Å². The molecular formula is C18H20N6O. The molecule has 1 aromatic carbocycles. The lowest BCUT2D eigenvalue weighted by Crippen LogP contribution is -2.41. The van der Waals surface area contributed by atoms with Crippen molar-refractivity contribution >= 4 is 5.91 Å². The molecule has 3 heterocycles. The van der Waals surface area contributed by atoms with E-state index >= 15 is 0 Å². The van der Waals surface area contributed by atoms with Crippen molar-refractivity contribution in [2.45, 2.75) is 25.8 Å². The molecule has 1 fully saturated rings. The Kier molecular flexibility index (Phi) is 4.05. The molecule has 1 aliphatic rings. The summed E-state index contributed by atoms with van der Waals surface area (Å²) in [5.74, 6) is 0.916. The maximum absolute atomic E-state index is 12.8. The number of hydrogen-bond acceptors (Lipinski definition) is 4. The third-order valence-electron chi connectivity index (χ3n) is 4.64. The van der Waals surface area contributed by atoms with Crippen LogP contribution in [0.5, 0.6) is 0 Å². The highest BCUT2D eigenvalue weighted by Gasteiger charge is 2.27. The number of para-hydroxylation sites is 1. The van der Waals surface area contributed by atoms with Gasteiger partial charge in [0, 0.05) is 25.5 Å². The molecule has 1 saturated heterocycles. The van der Waals surface area contributed by atoms with Crippen LogP contribution in [0.4, 0.5) is 0 Å². The Labute approximate surface area is 145 Å². The van der Waals surface area contributed by atoms with Crippen molar-refractivity contribution in [3.63, 3.8) is 0 Å². The second kappa shape index (κ2) is 6.51. The Hall–Kier alpha value is -2.96. The molecule has 1 aliphatic heterocycles. The van der Waals surface area contributed by atoms with Gasteiger partial charge in [0.1, 0.15) is 5.82 Å². The summed E-state index contributed by atoms with van der Waals surface area (Å²) in [5.41, 5.74) is 1.22. The third-order valence-corrected chi connectivity index (χ3v) is 4.64. The number of amides is 1. The number of carbonyl (C=O) groups excluding carboxylic acids is 1. The summed E-state index contributed by atoms with van der Waals surface area (Å²) in [6.45, 7) is 3.42. The zero-order valence-electron chi connectivity index (χ0n) is 14.1. The lowest BCUT2D eigenvalue weighted by atomic mass is 10.1. The number of imidazole rings is 1. The first-order valence-corrected chi connectivity index (χ1v) is 8.49. The number of hydrogen-bond donors (Lipinski definition) is 0. The van der Waals surface area contributed by atoms with Crippen LogP contribution in [0, 0.1) is 6.92 Å². The molecule has 0 bridgehead atoms. The van der Waals surface area contributed by atoms with Crippen LogP contribution in [-0.4, -0.2) is 48.4 Å². The van der Waals surface area contributed by atoms with E-state index in [9.17, 15) is 4.79 Å². The van der Waals surface area contributed by atoms with E-state index in [1.54, 1.807) is 6.20 Å². The Morgan fingerprint density at radius 2 is 2.08 bits per heavy atom. The van der Waals surface area contributed by atoms with E-state index in [0.29, 0.717) is 12.2 Å². The van der Waals surface area contributed by atoms with E-state index in [2.05, 4.69) is 19.7 Å². The number of nitrogens with zero attached hydrogens (tertiary/aromatic N) is 6. The van der Waals surface area contributed by atoms with E-state index in [-0.39, 0.29) is 11.9 Å². The number of aromatic nitrogens is 5. The van der Waals surface area contributed by atoms with Crippen LogP contribution >= 0.6 is 0 Å². The van der Waals surface area contributed by atoms with Gasteiger partial charge in [-0.25, -0.2) is 4.98 Å². The molecule has 1 atom stereocenters. The van der Waals surface area contributed by atoms with Crippen molar-refractivity contribution in [3.05, 3.63) is 60.4 Å². The number of likely N-dealkylation sites (tertiary alicyclic amines) is 1. The molecule has 0 unspecified atom stereocenters. The van der Waals surface area contributed by atoms with Crippen molar-refractivity contribution in [3.8, 4) is 5.69 Å². The second-order valence-electron chi connectivity index (χ2n) is 6.28. The lowest BCUT2D eigenvalue weighted by Gasteiger charge is -2.33. The molecule has 4 rings (SSSR count). The van der Waals surface area contributed by atoms with Crippen molar-refractivity contribution in [2.75, 3.05) is 13.1 Å². The Morgan fingerprint density at radius 3 is 2.84 bits per heavy atom. The topological polar surface area (TPSA) is 68.8 Å². The van der Waals surface area contributed by atoms with Crippen LogP contribution in [0.25, 0.3) is 5.69 Å². The summed E-state index contributed by atoms with van der Waals surface area (Å²) < 4.78 is 2.15. The van der Waals surface area contributed by atoms with Gasteiger partial charge >= 0.3 is 0 Å². The molecule has 0 radical (unpaired) electrons. The summed E-state index contributed by atoms with van der Waals surface area (Å²) in [6.07, 6.45) is 7.36. The molecule has 0 aliphatic carbocycles. The van der Waals surface area contributed by atoms with E-state index in [0.717, 1.165) is 30.9 Å². The summed E-state index contributed by atoms with van der Waals surface area (Å²) in [4.78, 5) is 20.5. The highest BCUT2D eigenvalue weighted by Crippen LogP contribution is 2.23. The minimum Gasteiger partial charge on any atom is -0.335 e. The number of piperidine rings is 1. The predicted molar refractivity (Wildman–Crippen MR) is 92.5 cm³/mol. The van der Waals surface area contributed by atoms with E-state index in [4.69, 9.17) is 0 Å². The smallest absolute Gasteiger partial charge is 0.276 e. The SMILES string of the molecule is Cc1nccn1[C@H]1CCCN(C(=O)c2cnn(-c3ccccc3)n2)C1. The fourth-order valence-electron chi connectivity index (χ4n) is 3.35. The normalized spacial score (nSPS) is 17.6. The van der Waals surface area contributed by atoms with Crippen molar-refractivity contribution < 1.29 is 4.79 Å². The van der Waals surface area contributed by atoms with Crippen molar-refractivity contribution in [1.29, 1.82) is 0 Å². The van der Waals surface area contributed by atoms with Crippen LogP contribution < -0.4 is 0 Å². The first kappa shape index (κ1) is 15.6. The summed E-state index contributed by atoms with van der Waals surface area (Å²) in [5, 5.41) is 8.58. The largest absolute Gasteiger partial charge is 0.335 e. The van der Waals surface area contributed by atoms with Gasteiger partial charge in [-0.1, -0.05) is 18.2 Å². The molecule has 0 saturated carbocycles. The van der Waals surface area contributed by atoms with Crippen LogP contribution in [0.1, 0.15) is 35.2 Å². The number of benzene rings is 1. The maximum atomic E-state index is 12.8. The summed E-state index contributed by atoms with van der Waals surface area (Å²) in [6, 6.07) is 9.86. The predicted octanol–water partition coefficient (Wildman–Crippen LogP) is 2.25. The summed E-state index contributed by atoms with van der Waals surface area (Å²) in [7, 11) is 0. The van der Waals surface area contributed by atoms with Gasteiger partial charge in [-0.05, 0) is 31.9 Å². The second-order valence-corrected chi connectivity index (χ2v) is 6.28. The zero-order valence-corrected chi connectivity index (χ0v) is 14.1. The van der Waals surface area contributed by atoms with Gasteiger partial charge in [-0.3, -0.25) is 4.79 Å². The molecule has 1 amide bonds. The zero-order chi connectivity index (χ0) is 17.2. The van der Waals surface area contributed by atoms with Crippen LogP contribution in [0.2, 0.25) is 0 Å². The van der Waals surface area contributed by atoms with Crippen LogP contribution in [0.15, 0.2) is 48.9 Å². The maximum Gasteiger partial charge on any atom is 0.276 e. The number of rotatable bonds is 3. The first-order chi connectivity index (χ1) is 12.2. The molecule has 128 valence electrons. The van der Waals surface area contributed by atoms with Gasteiger partial charge in [0.2, 0.25) is 0 Å². The highest BCUT2D eigenvalue weighted by molar-refractivity contribution is 5.92. The monoisotopic (exact) mass is 336 g/mol. The number of aryl methyl sites for hydroxylation is 1. The molecule has 2 aromatic heterocycles. The molecule has 0 N–H and O–H groups in total. The fraction of sp³-hybridized carbons (Fsp3) is 0.333. The third kappa shape index (κ3) is 3.05. The van der Waals surface area contributed by atoms with Gasteiger partial charge in [-0.2, -0.15) is 9.90 Å². The van der Waals surface area contributed by atoms with Crippen LogP contribution in [-0.2, 0) is 0 Å². The van der Waals surface area contributed by atoms with Gasteiger partial charge < -0.3 is 9.47 Å². The lowest BCUT2D eigenvalue weighted by molar-refractivity contribution is 0.0672. The summed E-state index contributed by atoms with van der Waals surface area (Å²) >= 11 is 0. The quantitative estimate of drug-likeness (QED) is 0.736. The molecular weight excluding hydrogens is 316 g/mol. The minimum atomic E-state index is -0.0651. The highest BCUT2D eigenvalue weighted by atomic mass is 16.2. The van der Waals surface area contributed by atoms with Gasteiger partial charge in [0.05, 0.1) is 17.9 Å². The van der Waals surface area contributed by atoms with Crippen LogP contribution in [0.3, 0.4) is 0 Å². The Bertz CT molecular complexity index is 869. The van der Waals surface area contributed by atoms with Crippen molar-refractivity contribution in [2.24, 2.45) is 0 Å². The molecule has 7 heteroatoms. The Balaban J connectivity index is 1.51. The minimum absolute atomic E-state index is 0.0651. The number of carbonyl (C=O) groups is 1. The van der Waals surface area contributed by atoms with Gasteiger partial charge in [0.15, 0.2) is 5.69 Å². The first-order valence-electron chi connectivity index (χ1n) is 8.49. The molecule has 7 nitrogen and oxygen atoms in total. The van der Waals surface area contributed by atoms with Gasteiger partial charge in [0.25, 0.3) is 5.91 Å². The average molecular weight is 336 g/mol. The fourth-order valence-corrected chi connectivity index (χ4v) is 3.35. The standard InChI is InChI=1S/C18H20N6O/c1-14-19-9-11-23(14)16-8-5-10-22(13-16)18(25)17-12-20-24(21-17)15-6-3-2-4-7-15/h2-4,6-7,9,11-12,16H,5,8,10,13H2,1H3/t16-/m0/s1. The van der Waals surface area contributed by atoms with E-state index in [1.165, 1.54) is 4.80 Å².